The molecule has 4 atom stereocenters. The third kappa shape index (κ3) is 9.32. The maximum Gasteiger partial charge on any atom is 0.120 e. The molecule has 2 heteroatoms. The molecule has 192 valence electrons. The molecule has 2 N–H and O–H groups in total. The standard InChI is InChI=1S/C17H24.C10H18O.C6H7N/c1-12-8-9-16-14(10-12)11-13-6-4-5-7-15(13)17(16,2)3;1-9(2)5-4-6-10(3)7-8-11;7-6-4-2-1-3-5-6/h4-7,12,14,16H,8-11H2,1-3H3;5,8,10H,4,6-7H2,1-3H3;1-5H,7H2. The van der Waals surface area contributed by atoms with Gasteiger partial charge in [0, 0.05) is 12.1 Å². The van der Waals surface area contributed by atoms with Crippen molar-refractivity contribution in [2.45, 2.75) is 91.9 Å². The summed E-state index contributed by atoms with van der Waals surface area (Å²) in [6, 6.07) is 18.6. The molecule has 2 aromatic carbocycles. The second-order valence-electron chi connectivity index (χ2n) is 11.6. The predicted octanol–water partition coefficient (Wildman–Crippen LogP) is 8.80. The Balaban J connectivity index is 0.000000207. The summed E-state index contributed by atoms with van der Waals surface area (Å²) in [6.07, 6.45) is 11.8. The van der Waals surface area contributed by atoms with E-state index in [0.717, 1.165) is 42.6 Å². The number of aldehydes is 1. The van der Waals surface area contributed by atoms with Gasteiger partial charge in [-0.15, -0.1) is 0 Å². The molecule has 4 unspecified atom stereocenters. The zero-order valence-corrected chi connectivity index (χ0v) is 23.1. The van der Waals surface area contributed by atoms with Crippen molar-refractivity contribution in [2.24, 2.45) is 23.7 Å². The van der Waals surface area contributed by atoms with Gasteiger partial charge in [0.25, 0.3) is 0 Å². The van der Waals surface area contributed by atoms with E-state index in [1.165, 1.54) is 31.3 Å². The number of hydrogen-bond acceptors (Lipinski definition) is 2. The average molecular weight is 476 g/mol. The molecule has 1 saturated carbocycles. The summed E-state index contributed by atoms with van der Waals surface area (Å²) >= 11 is 0. The number of nitrogen functional groups attached to an aromatic ring is 1. The SMILES string of the molecule is CC(C)=CCCC(C)CC=O.CC1CCC2C(Cc3ccccc3C2(C)C)C1.Nc1ccccc1. The van der Waals surface area contributed by atoms with Crippen LogP contribution in [0.25, 0.3) is 0 Å². The molecular formula is C33H49NO. The highest BCUT2D eigenvalue weighted by molar-refractivity contribution is 5.49. The lowest BCUT2D eigenvalue weighted by Crippen LogP contribution is -2.43. The number of fused-ring (bicyclic) bond motifs is 2. The number of para-hydroxylation sites is 1. The van der Waals surface area contributed by atoms with Crippen molar-refractivity contribution in [2.75, 3.05) is 5.73 Å². The topological polar surface area (TPSA) is 43.1 Å². The van der Waals surface area contributed by atoms with Gasteiger partial charge in [0.1, 0.15) is 6.29 Å². The highest BCUT2D eigenvalue weighted by Crippen LogP contribution is 2.51. The first-order chi connectivity index (χ1) is 16.6. The van der Waals surface area contributed by atoms with Gasteiger partial charge in [-0.2, -0.15) is 0 Å². The normalized spacial score (nSPS) is 22.5. The fraction of sp³-hybridized carbons (Fsp3) is 0.545. The van der Waals surface area contributed by atoms with E-state index in [-0.39, 0.29) is 0 Å². The summed E-state index contributed by atoms with van der Waals surface area (Å²) in [7, 11) is 0. The van der Waals surface area contributed by atoms with E-state index in [0.29, 0.717) is 17.8 Å². The van der Waals surface area contributed by atoms with Crippen molar-refractivity contribution < 1.29 is 4.79 Å². The lowest BCUT2D eigenvalue weighted by molar-refractivity contribution is -0.108. The first-order valence-electron chi connectivity index (χ1n) is 13.6. The maximum absolute atomic E-state index is 10.1. The van der Waals surface area contributed by atoms with Crippen LogP contribution in [-0.4, -0.2) is 6.29 Å². The third-order valence-corrected chi connectivity index (χ3v) is 7.88. The van der Waals surface area contributed by atoms with Crippen LogP contribution in [0.3, 0.4) is 0 Å². The molecule has 0 amide bonds. The summed E-state index contributed by atoms with van der Waals surface area (Å²) < 4.78 is 0. The minimum Gasteiger partial charge on any atom is -0.399 e. The third-order valence-electron chi connectivity index (χ3n) is 7.88. The quantitative estimate of drug-likeness (QED) is 0.267. The van der Waals surface area contributed by atoms with E-state index in [1.807, 2.05) is 30.3 Å². The van der Waals surface area contributed by atoms with Crippen molar-refractivity contribution in [1.29, 1.82) is 0 Å². The molecule has 2 nitrogen and oxygen atoms in total. The van der Waals surface area contributed by atoms with Crippen molar-refractivity contribution in [1.82, 2.24) is 0 Å². The Morgan fingerprint density at radius 1 is 1.06 bits per heavy atom. The van der Waals surface area contributed by atoms with E-state index >= 15 is 0 Å². The van der Waals surface area contributed by atoms with Crippen molar-refractivity contribution in [3.63, 3.8) is 0 Å². The van der Waals surface area contributed by atoms with Gasteiger partial charge in [0.05, 0.1) is 0 Å². The number of carbonyl (C=O) groups is 1. The van der Waals surface area contributed by atoms with Gasteiger partial charge in [0.2, 0.25) is 0 Å². The van der Waals surface area contributed by atoms with Gasteiger partial charge >= 0.3 is 0 Å². The van der Waals surface area contributed by atoms with Gasteiger partial charge in [-0.05, 0) is 98.3 Å². The van der Waals surface area contributed by atoms with E-state index in [2.05, 4.69) is 71.9 Å². The fourth-order valence-electron chi connectivity index (χ4n) is 5.88. The number of carbonyl (C=O) groups excluding carboxylic acids is 1. The second-order valence-corrected chi connectivity index (χ2v) is 11.6. The number of hydrogen-bond donors (Lipinski definition) is 1. The molecule has 0 heterocycles. The summed E-state index contributed by atoms with van der Waals surface area (Å²) in [6.45, 7) is 13.7. The molecule has 0 spiro atoms. The Bertz CT molecular complexity index is 910. The average Bonchev–Trinajstić information content (AvgIpc) is 2.80. The number of benzene rings is 2. The lowest BCUT2D eigenvalue weighted by atomic mass is 9.56. The number of anilines is 1. The van der Waals surface area contributed by atoms with Crippen LogP contribution in [0.1, 0.15) is 91.2 Å². The fourth-order valence-corrected chi connectivity index (χ4v) is 5.88. The molecule has 2 aliphatic carbocycles. The van der Waals surface area contributed by atoms with E-state index in [4.69, 9.17) is 5.73 Å². The summed E-state index contributed by atoms with van der Waals surface area (Å²) in [5.41, 5.74) is 11.2. The number of allylic oxidation sites excluding steroid dienone is 2. The molecule has 35 heavy (non-hydrogen) atoms. The molecule has 4 rings (SSSR count). The maximum atomic E-state index is 10.1. The summed E-state index contributed by atoms with van der Waals surface area (Å²) in [5.74, 6) is 3.33. The van der Waals surface area contributed by atoms with E-state index < -0.39 is 0 Å². The monoisotopic (exact) mass is 475 g/mol. The number of nitrogens with two attached hydrogens (primary N) is 1. The molecule has 0 bridgehead atoms. The first-order valence-corrected chi connectivity index (χ1v) is 13.6. The zero-order valence-electron chi connectivity index (χ0n) is 23.1. The summed E-state index contributed by atoms with van der Waals surface area (Å²) in [4.78, 5) is 10.1. The van der Waals surface area contributed by atoms with E-state index in [9.17, 15) is 4.79 Å². The van der Waals surface area contributed by atoms with Crippen LogP contribution in [0.2, 0.25) is 0 Å². The first kappa shape index (κ1) is 28.9. The van der Waals surface area contributed by atoms with Gasteiger partial charge in [-0.3, -0.25) is 0 Å². The smallest absolute Gasteiger partial charge is 0.120 e. The van der Waals surface area contributed by atoms with Gasteiger partial charge in [-0.1, -0.05) is 88.2 Å². The Labute approximate surface area is 215 Å². The molecule has 0 aromatic heterocycles. The largest absolute Gasteiger partial charge is 0.399 e. The molecule has 2 aliphatic rings. The Morgan fingerprint density at radius 3 is 2.31 bits per heavy atom. The molecule has 0 saturated heterocycles. The van der Waals surface area contributed by atoms with Crippen molar-refractivity contribution >= 4 is 12.0 Å². The molecular weight excluding hydrogens is 426 g/mol. The highest BCUT2D eigenvalue weighted by atomic mass is 16.1. The van der Waals surface area contributed by atoms with Gasteiger partial charge < -0.3 is 10.5 Å². The van der Waals surface area contributed by atoms with Crippen LogP contribution >= 0.6 is 0 Å². The Morgan fingerprint density at radius 2 is 1.71 bits per heavy atom. The zero-order chi connectivity index (χ0) is 25.8. The second kappa shape index (κ2) is 14.3. The minimum atomic E-state index is 0.389. The minimum absolute atomic E-state index is 0.389. The molecule has 0 radical (unpaired) electrons. The Kier molecular flexibility index (Phi) is 11.8. The van der Waals surface area contributed by atoms with Crippen LogP contribution in [0.5, 0.6) is 0 Å². The lowest BCUT2D eigenvalue weighted by Gasteiger charge is -2.49. The van der Waals surface area contributed by atoms with Crippen LogP contribution in [0.15, 0.2) is 66.2 Å². The Hall–Kier alpha value is -2.35. The van der Waals surface area contributed by atoms with Crippen LogP contribution in [0.4, 0.5) is 5.69 Å². The van der Waals surface area contributed by atoms with Gasteiger partial charge in [0.15, 0.2) is 0 Å². The number of rotatable bonds is 5. The van der Waals surface area contributed by atoms with Crippen LogP contribution in [0, 0.1) is 23.7 Å². The van der Waals surface area contributed by atoms with Crippen molar-refractivity contribution in [3.05, 3.63) is 77.4 Å². The van der Waals surface area contributed by atoms with E-state index in [1.54, 1.807) is 11.1 Å². The molecule has 0 aliphatic heterocycles. The van der Waals surface area contributed by atoms with Crippen LogP contribution < -0.4 is 5.73 Å². The molecule has 2 aromatic rings. The van der Waals surface area contributed by atoms with Gasteiger partial charge in [-0.25, -0.2) is 0 Å². The highest BCUT2D eigenvalue weighted by Gasteiger charge is 2.43. The van der Waals surface area contributed by atoms with Crippen molar-refractivity contribution in [3.8, 4) is 0 Å². The predicted molar refractivity (Wildman–Crippen MR) is 153 cm³/mol. The summed E-state index contributed by atoms with van der Waals surface area (Å²) in [5, 5.41) is 0. The molecule has 1 fully saturated rings. The van der Waals surface area contributed by atoms with Crippen LogP contribution in [-0.2, 0) is 16.6 Å².